The second-order valence-corrected chi connectivity index (χ2v) is 9.71. The Morgan fingerprint density at radius 2 is 1.62 bits per heavy atom. The fourth-order valence-corrected chi connectivity index (χ4v) is 4.80. The van der Waals surface area contributed by atoms with Crippen LogP contribution >= 0.6 is 27.3 Å². The first-order chi connectivity index (χ1) is 13.9. The van der Waals surface area contributed by atoms with Crippen LogP contribution in [0.3, 0.4) is 0 Å². The molecular weight excluding hydrogens is 474 g/mol. The number of hydrogen-bond acceptors (Lipinski definition) is 5. The van der Waals surface area contributed by atoms with Crippen molar-refractivity contribution in [3.05, 3.63) is 82.8 Å². The third kappa shape index (κ3) is 4.47. The largest absolute Gasteiger partial charge is 0.298 e. The van der Waals surface area contributed by atoms with Gasteiger partial charge in [-0.2, -0.15) is 0 Å². The van der Waals surface area contributed by atoms with E-state index in [0.29, 0.717) is 16.4 Å². The number of rotatable bonds is 5. The number of carbonyl (C=O) groups excluding carboxylic acids is 1. The average Bonchev–Trinajstić information content (AvgIpc) is 3.11. The Balaban J connectivity index is 1.46. The summed E-state index contributed by atoms with van der Waals surface area (Å²) in [6.07, 6.45) is 0. The predicted molar refractivity (Wildman–Crippen MR) is 119 cm³/mol. The van der Waals surface area contributed by atoms with E-state index in [1.165, 1.54) is 23.5 Å². The molecule has 0 bridgehead atoms. The van der Waals surface area contributed by atoms with Gasteiger partial charge in [-0.1, -0.05) is 39.4 Å². The number of para-hydroxylation sites is 1. The van der Waals surface area contributed by atoms with E-state index < -0.39 is 10.0 Å². The van der Waals surface area contributed by atoms with E-state index in [0.717, 1.165) is 14.7 Å². The van der Waals surface area contributed by atoms with Crippen LogP contribution < -0.4 is 10.0 Å². The van der Waals surface area contributed by atoms with E-state index in [9.17, 15) is 13.2 Å². The minimum atomic E-state index is -3.71. The molecule has 2 N–H and O–H groups in total. The van der Waals surface area contributed by atoms with Gasteiger partial charge in [0.25, 0.3) is 15.9 Å². The molecule has 1 amide bonds. The molecule has 6 nitrogen and oxygen atoms in total. The first-order valence-electron chi connectivity index (χ1n) is 8.46. The number of halogens is 1. The highest BCUT2D eigenvalue weighted by molar-refractivity contribution is 9.10. The van der Waals surface area contributed by atoms with Gasteiger partial charge in [0.2, 0.25) is 0 Å². The van der Waals surface area contributed by atoms with Gasteiger partial charge in [0, 0.05) is 15.7 Å². The molecule has 0 atom stereocenters. The molecular formula is C20H14BrN3O3S2. The molecule has 4 aromatic rings. The number of thiazole rings is 1. The van der Waals surface area contributed by atoms with Crippen molar-refractivity contribution in [2.75, 3.05) is 10.0 Å². The van der Waals surface area contributed by atoms with Gasteiger partial charge < -0.3 is 0 Å². The van der Waals surface area contributed by atoms with Gasteiger partial charge in [-0.3, -0.25) is 14.8 Å². The molecule has 0 radical (unpaired) electrons. The minimum Gasteiger partial charge on any atom is -0.298 e. The van der Waals surface area contributed by atoms with Crippen molar-refractivity contribution >= 4 is 64.2 Å². The summed E-state index contributed by atoms with van der Waals surface area (Å²) in [5.74, 6) is -0.314. The molecule has 3 aromatic carbocycles. The monoisotopic (exact) mass is 487 g/mol. The normalized spacial score (nSPS) is 11.3. The molecule has 1 aromatic heterocycles. The van der Waals surface area contributed by atoms with Gasteiger partial charge in [0.15, 0.2) is 5.13 Å². The zero-order chi connectivity index (χ0) is 20.4. The van der Waals surface area contributed by atoms with Crippen LogP contribution in [0.5, 0.6) is 0 Å². The van der Waals surface area contributed by atoms with Gasteiger partial charge >= 0.3 is 0 Å². The maximum absolute atomic E-state index is 12.5. The highest BCUT2D eigenvalue weighted by Gasteiger charge is 2.15. The quantitative estimate of drug-likeness (QED) is 0.409. The summed E-state index contributed by atoms with van der Waals surface area (Å²) >= 11 is 4.67. The van der Waals surface area contributed by atoms with Crippen molar-refractivity contribution in [1.29, 1.82) is 0 Å². The standard InChI is InChI=1S/C20H14BrN3O3S2/c21-14-7-11-16(12-8-14)29(26,27)24-15-9-5-13(6-10-15)19(25)23-20-22-17-3-1-2-4-18(17)28-20/h1-12,24H,(H,22,23,25). The van der Waals surface area contributed by atoms with Crippen molar-refractivity contribution < 1.29 is 13.2 Å². The Morgan fingerprint density at radius 3 is 2.31 bits per heavy atom. The Bertz CT molecular complexity index is 1250. The summed E-state index contributed by atoms with van der Waals surface area (Å²) in [6, 6.07) is 20.2. The molecule has 0 spiro atoms. The van der Waals surface area contributed by atoms with E-state index in [2.05, 4.69) is 31.0 Å². The summed E-state index contributed by atoms with van der Waals surface area (Å²) in [5.41, 5.74) is 1.59. The summed E-state index contributed by atoms with van der Waals surface area (Å²) in [7, 11) is -3.71. The van der Waals surface area contributed by atoms with Crippen molar-refractivity contribution in [1.82, 2.24) is 4.98 Å². The smallest absolute Gasteiger partial charge is 0.261 e. The fraction of sp³-hybridized carbons (Fsp3) is 0. The number of sulfonamides is 1. The van der Waals surface area contributed by atoms with Crippen molar-refractivity contribution in [3.63, 3.8) is 0 Å². The number of fused-ring (bicyclic) bond motifs is 1. The van der Waals surface area contributed by atoms with Gasteiger partial charge in [-0.05, 0) is 60.7 Å². The van der Waals surface area contributed by atoms with Crippen LogP contribution in [-0.2, 0) is 10.0 Å². The number of benzene rings is 3. The third-order valence-corrected chi connectivity index (χ3v) is 6.92. The highest BCUT2D eigenvalue weighted by atomic mass is 79.9. The van der Waals surface area contributed by atoms with Crippen LogP contribution in [0.2, 0.25) is 0 Å². The molecule has 9 heteroatoms. The Hall–Kier alpha value is -2.75. The lowest BCUT2D eigenvalue weighted by atomic mass is 10.2. The van der Waals surface area contributed by atoms with Crippen molar-refractivity contribution in [3.8, 4) is 0 Å². The molecule has 0 aliphatic rings. The Morgan fingerprint density at radius 1 is 0.931 bits per heavy atom. The van der Waals surface area contributed by atoms with E-state index in [4.69, 9.17) is 0 Å². The van der Waals surface area contributed by atoms with Gasteiger partial charge in [-0.25, -0.2) is 13.4 Å². The number of anilines is 2. The number of hydrogen-bond donors (Lipinski definition) is 2. The maximum atomic E-state index is 12.5. The third-order valence-electron chi connectivity index (χ3n) is 4.04. The number of nitrogens with one attached hydrogen (secondary N) is 2. The topological polar surface area (TPSA) is 88.2 Å². The molecule has 0 aliphatic heterocycles. The van der Waals surface area contributed by atoms with Crippen molar-refractivity contribution in [2.24, 2.45) is 0 Å². The number of aromatic nitrogens is 1. The molecule has 146 valence electrons. The Labute approximate surface area is 179 Å². The molecule has 29 heavy (non-hydrogen) atoms. The predicted octanol–water partition coefficient (Wildman–Crippen LogP) is 5.11. The lowest BCUT2D eigenvalue weighted by Gasteiger charge is -2.09. The lowest BCUT2D eigenvalue weighted by molar-refractivity contribution is 0.102. The second kappa shape index (κ2) is 7.94. The van der Waals surface area contributed by atoms with E-state index in [1.807, 2.05) is 24.3 Å². The summed E-state index contributed by atoms with van der Waals surface area (Å²) in [4.78, 5) is 17.0. The van der Waals surface area contributed by atoms with Crippen molar-refractivity contribution in [2.45, 2.75) is 4.90 Å². The second-order valence-electron chi connectivity index (χ2n) is 6.08. The molecule has 0 unspecified atom stereocenters. The van der Waals surface area contributed by atoms with Gasteiger partial charge in [-0.15, -0.1) is 0 Å². The summed E-state index contributed by atoms with van der Waals surface area (Å²) < 4.78 is 29.2. The first kappa shape index (κ1) is 19.6. The molecule has 1 heterocycles. The van der Waals surface area contributed by atoms with Crippen LogP contribution in [0.15, 0.2) is 82.2 Å². The van der Waals surface area contributed by atoms with Gasteiger partial charge in [0.1, 0.15) is 0 Å². The van der Waals surface area contributed by atoms with Crippen LogP contribution in [0.25, 0.3) is 10.2 Å². The van der Waals surface area contributed by atoms with E-state index >= 15 is 0 Å². The maximum Gasteiger partial charge on any atom is 0.261 e. The zero-order valence-electron chi connectivity index (χ0n) is 14.8. The Kier molecular flexibility index (Phi) is 5.35. The van der Waals surface area contributed by atoms with Gasteiger partial charge in [0.05, 0.1) is 15.1 Å². The number of carbonyl (C=O) groups is 1. The zero-order valence-corrected chi connectivity index (χ0v) is 18.0. The van der Waals surface area contributed by atoms with E-state index in [-0.39, 0.29) is 10.8 Å². The molecule has 0 fully saturated rings. The minimum absolute atomic E-state index is 0.151. The number of amides is 1. The fourth-order valence-electron chi connectivity index (χ4n) is 2.61. The molecule has 4 rings (SSSR count). The molecule has 0 saturated heterocycles. The lowest BCUT2D eigenvalue weighted by Crippen LogP contribution is -2.14. The van der Waals surface area contributed by atoms with Crippen LogP contribution in [-0.4, -0.2) is 19.3 Å². The van der Waals surface area contributed by atoms with Crippen LogP contribution in [0, 0.1) is 0 Å². The summed E-state index contributed by atoms with van der Waals surface area (Å²) in [6.45, 7) is 0. The first-order valence-corrected chi connectivity index (χ1v) is 11.6. The highest BCUT2D eigenvalue weighted by Crippen LogP contribution is 2.26. The SMILES string of the molecule is O=C(Nc1nc2ccccc2s1)c1ccc(NS(=O)(=O)c2ccc(Br)cc2)cc1. The average molecular weight is 488 g/mol. The van der Waals surface area contributed by atoms with Crippen LogP contribution in [0.4, 0.5) is 10.8 Å². The van der Waals surface area contributed by atoms with Crippen LogP contribution in [0.1, 0.15) is 10.4 Å². The molecule has 0 saturated carbocycles. The molecule has 0 aliphatic carbocycles. The number of nitrogens with zero attached hydrogens (tertiary/aromatic N) is 1. The summed E-state index contributed by atoms with van der Waals surface area (Å²) in [5, 5.41) is 3.28. The van der Waals surface area contributed by atoms with E-state index in [1.54, 1.807) is 36.4 Å².